The van der Waals surface area contributed by atoms with Crippen molar-refractivity contribution in [2.24, 2.45) is 11.8 Å². The molecule has 172 valence electrons. The molecule has 3 aliphatic rings. The Labute approximate surface area is 202 Å². The van der Waals surface area contributed by atoms with Crippen molar-refractivity contribution in [2.75, 3.05) is 19.6 Å². The molecule has 5 rings (SSSR count). The zero-order valence-electron chi connectivity index (χ0n) is 19.2. The highest BCUT2D eigenvalue weighted by Crippen LogP contribution is 2.36. The first-order chi connectivity index (χ1) is 16.1. The number of aryl methyl sites for hydroxylation is 1. The maximum absolute atomic E-state index is 12.7. The number of amides is 1. The van der Waals surface area contributed by atoms with Crippen LogP contribution in [0.4, 0.5) is 0 Å². The lowest BCUT2D eigenvalue weighted by atomic mass is 9.90. The first-order valence-electron chi connectivity index (χ1n) is 12.4. The first-order valence-corrected chi connectivity index (χ1v) is 12.8. The highest BCUT2D eigenvalue weighted by Gasteiger charge is 2.34. The van der Waals surface area contributed by atoms with Gasteiger partial charge in [-0.15, -0.1) is 0 Å². The van der Waals surface area contributed by atoms with E-state index in [1.54, 1.807) is 0 Å². The van der Waals surface area contributed by atoms with Crippen LogP contribution in [0.1, 0.15) is 71.1 Å². The third-order valence-corrected chi connectivity index (χ3v) is 7.81. The van der Waals surface area contributed by atoms with Gasteiger partial charge in [-0.3, -0.25) is 9.69 Å². The van der Waals surface area contributed by atoms with Gasteiger partial charge in [-0.25, -0.2) is 0 Å². The molecule has 1 aliphatic carbocycles. The van der Waals surface area contributed by atoms with Crippen molar-refractivity contribution in [1.82, 2.24) is 9.80 Å². The van der Waals surface area contributed by atoms with Gasteiger partial charge in [0.25, 0.3) is 5.91 Å². The van der Waals surface area contributed by atoms with E-state index in [0.717, 1.165) is 61.8 Å². The zero-order valence-corrected chi connectivity index (χ0v) is 20.0. The molecular weight excluding hydrogens is 430 g/mol. The van der Waals surface area contributed by atoms with Gasteiger partial charge in [0.05, 0.1) is 22.2 Å². The van der Waals surface area contributed by atoms with E-state index in [4.69, 9.17) is 16.9 Å². The molecule has 2 heterocycles. The number of likely N-dealkylation sites (tertiary alicyclic amines) is 1. The van der Waals surface area contributed by atoms with Crippen LogP contribution in [0, 0.1) is 23.2 Å². The van der Waals surface area contributed by atoms with Gasteiger partial charge in [-0.1, -0.05) is 36.2 Å². The quantitative estimate of drug-likeness (QED) is 0.498. The highest BCUT2D eigenvalue weighted by molar-refractivity contribution is 6.34. The summed E-state index contributed by atoms with van der Waals surface area (Å²) in [5.74, 6) is 1.61. The summed E-state index contributed by atoms with van der Waals surface area (Å²) in [6.07, 6.45) is 8.49. The van der Waals surface area contributed by atoms with Gasteiger partial charge in [0.2, 0.25) is 0 Å². The average molecular weight is 462 g/mol. The Balaban J connectivity index is 1.09. The molecule has 0 aromatic heterocycles. The molecule has 1 saturated heterocycles. The van der Waals surface area contributed by atoms with Gasteiger partial charge in [0.15, 0.2) is 0 Å². The number of fused-ring (bicyclic) bond motifs is 1. The maximum atomic E-state index is 12.7. The number of carbonyl (C=O) groups is 1. The minimum atomic E-state index is 0.119. The van der Waals surface area contributed by atoms with Crippen molar-refractivity contribution >= 4 is 17.5 Å². The fraction of sp³-hybridized carbons (Fsp3) is 0.500. The second-order valence-corrected chi connectivity index (χ2v) is 10.6. The van der Waals surface area contributed by atoms with Crippen LogP contribution in [-0.4, -0.2) is 35.3 Å². The summed E-state index contributed by atoms with van der Waals surface area (Å²) >= 11 is 6.57. The lowest BCUT2D eigenvalue weighted by molar-refractivity contribution is 0.0771. The van der Waals surface area contributed by atoms with E-state index < -0.39 is 0 Å². The molecule has 0 radical (unpaired) electrons. The maximum Gasteiger partial charge on any atom is 0.256 e. The molecule has 0 unspecified atom stereocenters. The Bertz CT molecular complexity index is 1060. The van der Waals surface area contributed by atoms with E-state index in [-0.39, 0.29) is 5.91 Å². The topological polar surface area (TPSA) is 47.3 Å². The predicted octanol–water partition coefficient (Wildman–Crippen LogP) is 5.81. The smallest absolute Gasteiger partial charge is 0.256 e. The summed E-state index contributed by atoms with van der Waals surface area (Å²) in [6, 6.07) is 14.5. The van der Waals surface area contributed by atoms with E-state index in [0.29, 0.717) is 10.9 Å². The number of hydrogen-bond donors (Lipinski definition) is 0. The van der Waals surface area contributed by atoms with Crippen LogP contribution < -0.4 is 0 Å². The third-order valence-electron chi connectivity index (χ3n) is 7.52. The van der Waals surface area contributed by atoms with E-state index >= 15 is 0 Å². The van der Waals surface area contributed by atoms with Crippen LogP contribution in [0.2, 0.25) is 5.02 Å². The van der Waals surface area contributed by atoms with Crippen LogP contribution >= 0.6 is 11.6 Å². The van der Waals surface area contributed by atoms with E-state index in [1.165, 1.54) is 49.7 Å². The molecule has 4 nitrogen and oxygen atoms in total. The number of nitriles is 1. The molecule has 2 fully saturated rings. The number of hydrogen-bond acceptors (Lipinski definition) is 3. The molecule has 2 aliphatic heterocycles. The fourth-order valence-electron chi connectivity index (χ4n) is 5.46. The van der Waals surface area contributed by atoms with E-state index in [9.17, 15) is 4.79 Å². The summed E-state index contributed by atoms with van der Waals surface area (Å²) < 4.78 is 0. The summed E-state index contributed by atoms with van der Waals surface area (Å²) in [6.45, 7) is 4.76. The van der Waals surface area contributed by atoms with Gasteiger partial charge >= 0.3 is 0 Å². The van der Waals surface area contributed by atoms with Gasteiger partial charge in [-0.05, 0) is 98.3 Å². The van der Waals surface area contributed by atoms with Crippen molar-refractivity contribution in [2.45, 2.75) is 58.0 Å². The second-order valence-electron chi connectivity index (χ2n) is 10.2. The van der Waals surface area contributed by atoms with Gasteiger partial charge < -0.3 is 4.90 Å². The Morgan fingerprint density at radius 1 is 1.03 bits per heavy atom. The molecular formula is C28H32ClN3O. The molecule has 0 bridgehead atoms. The molecule has 2 aromatic rings. The lowest BCUT2D eigenvalue weighted by Gasteiger charge is -2.32. The predicted molar refractivity (Wildman–Crippen MR) is 131 cm³/mol. The molecule has 0 atom stereocenters. The van der Waals surface area contributed by atoms with Gasteiger partial charge in [0, 0.05) is 19.6 Å². The van der Waals surface area contributed by atoms with Crippen LogP contribution in [0.3, 0.4) is 0 Å². The van der Waals surface area contributed by atoms with Crippen molar-refractivity contribution < 1.29 is 4.79 Å². The standard InChI is InChI=1S/C28H32ClN3O/c29-26-15-24(14-25-19-32(18-22-7-8-22)28(33)27(25)26)17-31-11-9-20(10-12-31)3-1-4-21-5-2-6-23(13-21)16-30/h2,5-6,13-15,20,22H,1,3-4,7-12,17-19H2. The normalized spacial score (nSPS) is 19.0. The minimum absolute atomic E-state index is 0.119. The Morgan fingerprint density at radius 3 is 2.61 bits per heavy atom. The molecule has 5 heteroatoms. The molecule has 0 N–H and O–H groups in total. The summed E-state index contributed by atoms with van der Waals surface area (Å²) in [5.41, 5.74) is 5.11. The average Bonchev–Trinajstić information content (AvgIpc) is 3.58. The number of carbonyl (C=O) groups excluding carboxylic acids is 1. The second kappa shape index (κ2) is 9.87. The fourth-order valence-corrected chi connectivity index (χ4v) is 5.80. The molecule has 1 saturated carbocycles. The lowest BCUT2D eigenvalue weighted by Crippen LogP contribution is -2.33. The van der Waals surface area contributed by atoms with Gasteiger partial charge in [0.1, 0.15) is 0 Å². The number of nitrogens with zero attached hydrogens (tertiary/aromatic N) is 3. The van der Waals surface area contributed by atoms with E-state index in [2.05, 4.69) is 23.1 Å². The number of benzene rings is 2. The first kappa shape index (κ1) is 22.4. The molecule has 1 amide bonds. The minimum Gasteiger partial charge on any atom is -0.334 e. The Morgan fingerprint density at radius 2 is 1.85 bits per heavy atom. The Kier molecular flexibility index (Phi) is 6.71. The third kappa shape index (κ3) is 5.42. The van der Waals surface area contributed by atoms with Crippen LogP contribution in [0.5, 0.6) is 0 Å². The molecule has 0 spiro atoms. The molecule has 2 aromatic carbocycles. The number of halogens is 1. The van der Waals surface area contributed by atoms with Crippen LogP contribution in [0.15, 0.2) is 36.4 Å². The van der Waals surface area contributed by atoms with Crippen LogP contribution in [0.25, 0.3) is 0 Å². The number of piperidine rings is 1. The summed E-state index contributed by atoms with van der Waals surface area (Å²) in [4.78, 5) is 17.3. The number of rotatable bonds is 8. The monoisotopic (exact) mass is 461 g/mol. The van der Waals surface area contributed by atoms with Crippen molar-refractivity contribution in [1.29, 1.82) is 5.26 Å². The highest BCUT2D eigenvalue weighted by atomic mass is 35.5. The van der Waals surface area contributed by atoms with Crippen molar-refractivity contribution in [3.05, 3.63) is 69.2 Å². The SMILES string of the molecule is N#Cc1cccc(CCCC2CCN(Cc3cc(Cl)c4c(c3)CN(CC3CC3)C4=O)CC2)c1. The summed E-state index contributed by atoms with van der Waals surface area (Å²) in [5, 5.41) is 9.69. The largest absolute Gasteiger partial charge is 0.334 e. The zero-order chi connectivity index (χ0) is 22.8. The van der Waals surface area contributed by atoms with E-state index in [1.807, 2.05) is 29.2 Å². The van der Waals surface area contributed by atoms with Crippen LogP contribution in [-0.2, 0) is 19.5 Å². The Hall–Kier alpha value is -2.35. The van der Waals surface area contributed by atoms with Crippen molar-refractivity contribution in [3.8, 4) is 6.07 Å². The van der Waals surface area contributed by atoms with Crippen molar-refractivity contribution in [3.63, 3.8) is 0 Å². The van der Waals surface area contributed by atoms with Gasteiger partial charge in [-0.2, -0.15) is 5.26 Å². The molecule has 33 heavy (non-hydrogen) atoms. The summed E-state index contributed by atoms with van der Waals surface area (Å²) in [7, 11) is 0.